The van der Waals surface area contributed by atoms with Crippen LogP contribution in [0.4, 0.5) is 0 Å². The van der Waals surface area contributed by atoms with E-state index in [1.807, 2.05) is 55.6 Å². The number of rotatable bonds is 5. The quantitative estimate of drug-likeness (QED) is 0.840. The third-order valence-electron chi connectivity index (χ3n) is 2.84. The number of aryl methyl sites for hydroxylation is 1. The van der Waals surface area contributed by atoms with Gasteiger partial charge in [-0.1, -0.05) is 17.7 Å². The number of hydrogen-bond acceptors (Lipinski definition) is 3. The molecule has 20 heavy (non-hydrogen) atoms. The molecule has 0 radical (unpaired) electrons. The highest BCUT2D eigenvalue weighted by atomic mass is 32.2. The van der Waals surface area contributed by atoms with E-state index in [0.29, 0.717) is 17.1 Å². The Kier molecular flexibility index (Phi) is 4.69. The van der Waals surface area contributed by atoms with Crippen molar-refractivity contribution in [2.75, 3.05) is 6.26 Å². The maximum absolute atomic E-state index is 10.9. The fraction of sp³-hybridized carbons (Fsp3) is 0.188. The van der Waals surface area contributed by atoms with Crippen LogP contribution in [0.5, 0.6) is 11.5 Å². The van der Waals surface area contributed by atoms with Crippen molar-refractivity contribution in [2.24, 2.45) is 0 Å². The summed E-state index contributed by atoms with van der Waals surface area (Å²) in [5.41, 5.74) is 1.71. The number of carboxylic acid groups (broad SMARTS) is 1. The van der Waals surface area contributed by atoms with Crippen molar-refractivity contribution in [3.8, 4) is 11.5 Å². The zero-order valence-electron chi connectivity index (χ0n) is 11.4. The van der Waals surface area contributed by atoms with Gasteiger partial charge in [-0.05, 0) is 43.5 Å². The molecular weight excluding hydrogens is 272 g/mol. The number of hydrogen-bond donors (Lipinski definition) is 1. The van der Waals surface area contributed by atoms with E-state index in [4.69, 9.17) is 9.84 Å². The molecule has 0 amide bonds. The minimum Gasteiger partial charge on any atom is -0.481 e. The minimum atomic E-state index is -0.863. The van der Waals surface area contributed by atoms with Gasteiger partial charge in [0.1, 0.15) is 11.5 Å². The minimum absolute atomic E-state index is 0.0418. The van der Waals surface area contributed by atoms with Gasteiger partial charge in [0, 0.05) is 10.5 Å². The number of benzene rings is 2. The van der Waals surface area contributed by atoms with Crippen LogP contribution >= 0.6 is 11.8 Å². The molecular formula is C16H16O3S. The van der Waals surface area contributed by atoms with E-state index in [0.717, 1.165) is 10.5 Å². The highest BCUT2D eigenvalue weighted by Crippen LogP contribution is 2.28. The average molecular weight is 288 g/mol. The van der Waals surface area contributed by atoms with E-state index in [1.54, 1.807) is 11.8 Å². The normalized spacial score (nSPS) is 10.3. The fourth-order valence-corrected chi connectivity index (χ4v) is 2.29. The zero-order chi connectivity index (χ0) is 14.5. The van der Waals surface area contributed by atoms with Crippen LogP contribution in [-0.2, 0) is 11.2 Å². The first kappa shape index (κ1) is 14.5. The second kappa shape index (κ2) is 6.48. The van der Waals surface area contributed by atoms with Crippen molar-refractivity contribution in [1.82, 2.24) is 0 Å². The molecule has 4 heteroatoms. The Morgan fingerprint density at radius 1 is 1.20 bits per heavy atom. The highest BCUT2D eigenvalue weighted by Gasteiger charge is 2.09. The van der Waals surface area contributed by atoms with Gasteiger partial charge in [-0.25, -0.2) is 0 Å². The zero-order valence-corrected chi connectivity index (χ0v) is 12.2. The Morgan fingerprint density at radius 2 is 1.90 bits per heavy atom. The van der Waals surface area contributed by atoms with E-state index in [2.05, 4.69) is 0 Å². The standard InChI is InChI=1S/C16H16O3S/c1-11-3-8-15(12(9-11)10-16(17)18)19-13-4-6-14(20-2)7-5-13/h3-9H,10H2,1-2H3,(H,17,18). The van der Waals surface area contributed by atoms with Gasteiger partial charge < -0.3 is 9.84 Å². The predicted molar refractivity (Wildman–Crippen MR) is 80.8 cm³/mol. The fourth-order valence-electron chi connectivity index (χ4n) is 1.88. The molecule has 0 aliphatic carbocycles. The van der Waals surface area contributed by atoms with Gasteiger partial charge in [0.15, 0.2) is 0 Å². The topological polar surface area (TPSA) is 46.5 Å². The number of ether oxygens (including phenoxy) is 1. The summed E-state index contributed by atoms with van der Waals surface area (Å²) in [4.78, 5) is 12.1. The Hall–Kier alpha value is -1.94. The molecule has 0 unspecified atom stereocenters. The molecule has 0 aromatic heterocycles. The van der Waals surface area contributed by atoms with E-state index in [9.17, 15) is 4.79 Å². The van der Waals surface area contributed by atoms with Gasteiger partial charge in [0.25, 0.3) is 0 Å². The van der Waals surface area contributed by atoms with Gasteiger partial charge in [0.2, 0.25) is 0 Å². The van der Waals surface area contributed by atoms with Crippen LogP contribution in [0.25, 0.3) is 0 Å². The first-order valence-electron chi connectivity index (χ1n) is 6.21. The maximum Gasteiger partial charge on any atom is 0.307 e. The lowest BCUT2D eigenvalue weighted by molar-refractivity contribution is -0.136. The molecule has 0 fully saturated rings. The van der Waals surface area contributed by atoms with Crippen molar-refractivity contribution in [3.05, 3.63) is 53.6 Å². The van der Waals surface area contributed by atoms with Gasteiger partial charge in [0.05, 0.1) is 6.42 Å². The van der Waals surface area contributed by atoms with Crippen molar-refractivity contribution in [3.63, 3.8) is 0 Å². The molecule has 0 aliphatic rings. The van der Waals surface area contributed by atoms with Crippen LogP contribution in [-0.4, -0.2) is 17.3 Å². The third kappa shape index (κ3) is 3.78. The lowest BCUT2D eigenvalue weighted by Crippen LogP contribution is -2.02. The Bertz CT molecular complexity index is 606. The maximum atomic E-state index is 10.9. The summed E-state index contributed by atoms with van der Waals surface area (Å²) in [5, 5.41) is 8.96. The van der Waals surface area contributed by atoms with E-state index >= 15 is 0 Å². The van der Waals surface area contributed by atoms with Crippen LogP contribution in [0.3, 0.4) is 0 Å². The highest BCUT2D eigenvalue weighted by molar-refractivity contribution is 7.98. The molecule has 0 heterocycles. The van der Waals surface area contributed by atoms with Crippen LogP contribution < -0.4 is 4.74 Å². The third-order valence-corrected chi connectivity index (χ3v) is 3.59. The van der Waals surface area contributed by atoms with Crippen molar-refractivity contribution < 1.29 is 14.6 Å². The second-order valence-corrected chi connectivity index (χ2v) is 5.34. The number of carboxylic acids is 1. The predicted octanol–water partition coefficient (Wildman–Crippen LogP) is 4.14. The molecule has 1 N–H and O–H groups in total. The van der Waals surface area contributed by atoms with Gasteiger partial charge >= 0.3 is 5.97 Å². The summed E-state index contributed by atoms with van der Waals surface area (Å²) in [5.74, 6) is 0.436. The number of aliphatic carboxylic acids is 1. The first-order valence-corrected chi connectivity index (χ1v) is 7.44. The van der Waals surface area contributed by atoms with Gasteiger partial charge in [-0.3, -0.25) is 4.79 Å². The summed E-state index contributed by atoms with van der Waals surface area (Å²) in [6.45, 7) is 1.93. The molecule has 0 aliphatic heterocycles. The van der Waals surface area contributed by atoms with Gasteiger partial charge in [-0.2, -0.15) is 0 Å². The SMILES string of the molecule is CSc1ccc(Oc2ccc(C)cc2CC(=O)O)cc1. The Balaban J connectivity index is 2.25. The molecule has 3 nitrogen and oxygen atoms in total. The molecule has 104 valence electrons. The van der Waals surface area contributed by atoms with E-state index < -0.39 is 5.97 Å². The van der Waals surface area contributed by atoms with Crippen molar-refractivity contribution >= 4 is 17.7 Å². The second-order valence-electron chi connectivity index (χ2n) is 4.46. The van der Waals surface area contributed by atoms with Crippen LogP contribution in [0.15, 0.2) is 47.4 Å². The van der Waals surface area contributed by atoms with E-state index in [1.165, 1.54) is 0 Å². The van der Waals surface area contributed by atoms with Crippen LogP contribution in [0.2, 0.25) is 0 Å². The smallest absolute Gasteiger partial charge is 0.307 e. The van der Waals surface area contributed by atoms with Gasteiger partial charge in [-0.15, -0.1) is 11.8 Å². The lowest BCUT2D eigenvalue weighted by atomic mass is 10.1. The molecule has 2 rings (SSSR count). The summed E-state index contributed by atoms with van der Waals surface area (Å²) in [6.07, 6.45) is 1.97. The number of carbonyl (C=O) groups is 1. The number of thioether (sulfide) groups is 1. The lowest BCUT2D eigenvalue weighted by Gasteiger charge is -2.11. The molecule has 2 aromatic carbocycles. The summed E-state index contributed by atoms with van der Waals surface area (Å²) < 4.78 is 5.79. The monoisotopic (exact) mass is 288 g/mol. The van der Waals surface area contributed by atoms with Crippen molar-refractivity contribution in [2.45, 2.75) is 18.2 Å². The molecule has 0 saturated heterocycles. The van der Waals surface area contributed by atoms with Crippen LogP contribution in [0, 0.1) is 6.92 Å². The summed E-state index contributed by atoms with van der Waals surface area (Å²) in [6, 6.07) is 13.3. The Morgan fingerprint density at radius 3 is 2.50 bits per heavy atom. The molecule has 0 atom stereocenters. The summed E-state index contributed by atoms with van der Waals surface area (Å²) in [7, 11) is 0. The Labute approximate surface area is 122 Å². The molecule has 0 spiro atoms. The molecule has 2 aromatic rings. The first-order chi connectivity index (χ1) is 9.58. The van der Waals surface area contributed by atoms with E-state index in [-0.39, 0.29) is 6.42 Å². The molecule has 0 bridgehead atoms. The summed E-state index contributed by atoms with van der Waals surface area (Å²) >= 11 is 1.66. The largest absolute Gasteiger partial charge is 0.481 e. The van der Waals surface area contributed by atoms with Crippen molar-refractivity contribution in [1.29, 1.82) is 0 Å². The van der Waals surface area contributed by atoms with Crippen LogP contribution in [0.1, 0.15) is 11.1 Å². The average Bonchev–Trinajstić information content (AvgIpc) is 2.42. The molecule has 0 saturated carbocycles.